The Labute approximate surface area is 192 Å². The van der Waals surface area contributed by atoms with Crippen molar-refractivity contribution in [1.82, 2.24) is 0 Å². The fraction of sp³-hybridized carbons (Fsp3) is 0. The summed E-state index contributed by atoms with van der Waals surface area (Å²) < 4.78 is 12.6. The summed E-state index contributed by atoms with van der Waals surface area (Å²) >= 11 is 5.70. The molecule has 0 radical (unpaired) electrons. The molecule has 26 heavy (non-hydrogen) atoms. The Morgan fingerprint density at radius 1 is 0.500 bits per heavy atom. The predicted molar refractivity (Wildman–Crippen MR) is 103 cm³/mol. The molecule has 0 saturated carbocycles. The molecule has 0 fully saturated rings. The molecule has 0 aliphatic rings. The molecule has 3 aromatic carbocycles. The third-order valence-corrected chi connectivity index (χ3v) is 3.94. The van der Waals surface area contributed by atoms with Gasteiger partial charge in [-0.15, -0.1) is 0 Å². The molecule has 0 amide bonds. The van der Waals surface area contributed by atoms with E-state index in [1.165, 1.54) is 11.1 Å². The molecule has 0 N–H and O–H groups in total. The monoisotopic (exact) mass is 398 g/mol. The maximum absolute atomic E-state index is 8.55. The van der Waals surface area contributed by atoms with Gasteiger partial charge in [0.05, 0.1) is 0 Å². The van der Waals surface area contributed by atoms with Gasteiger partial charge in [-0.25, -0.2) is 0 Å². The second kappa shape index (κ2) is 16.1. The molecule has 3 rings (SSSR count). The van der Waals surface area contributed by atoms with Crippen LogP contribution in [-0.2, 0) is 4.57 Å². The Morgan fingerprint density at radius 2 is 0.654 bits per heavy atom. The quantitative estimate of drug-likeness (QED) is 0.345. The summed E-state index contributed by atoms with van der Waals surface area (Å²) in [5, 5.41) is 0. The summed E-state index contributed by atoms with van der Waals surface area (Å²) in [7, 11) is -5.39. The number of benzene rings is 3. The van der Waals surface area contributed by atoms with Gasteiger partial charge in [-0.3, -0.25) is 0 Å². The molecular weight excluding hydrogens is 384 g/mol. The van der Waals surface area contributed by atoms with Crippen LogP contribution >= 0.6 is 7.82 Å². The molecule has 0 aromatic heterocycles. The van der Waals surface area contributed by atoms with Crippen molar-refractivity contribution in [2.75, 3.05) is 0 Å². The normalized spacial score (nSPS) is 9.42. The molecule has 0 aliphatic heterocycles. The van der Waals surface area contributed by atoms with Gasteiger partial charge in [-0.2, -0.15) is 7.82 Å². The Balaban J connectivity index is 0.000000324. The van der Waals surface area contributed by atoms with Crippen molar-refractivity contribution in [2.45, 2.75) is 0 Å². The number of hydrogen-bond acceptors (Lipinski definition) is 4. The van der Waals surface area contributed by atoms with E-state index in [0.717, 1.165) is 0 Å². The first kappa shape index (κ1) is 26.1. The summed E-state index contributed by atoms with van der Waals surface area (Å²) in [5.41, 5.74) is 0. The number of hydrogen-bond donors (Lipinski definition) is 0. The van der Waals surface area contributed by atoms with E-state index in [0.29, 0.717) is 0 Å². The first-order valence-electron chi connectivity index (χ1n) is 7.52. The Bertz CT molecular complexity index is 641. The van der Waals surface area contributed by atoms with Gasteiger partial charge >= 0.3 is 167 Å². The van der Waals surface area contributed by atoms with Gasteiger partial charge in [0.1, 0.15) is 0 Å². The second-order valence-corrected chi connectivity index (χ2v) is 8.25. The van der Waals surface area contributed by atoms with Crippen LogP contribution in [0.5, 0.6) is 0 Å². The topological polar surface area (TPSA) is 86.2 Å². The van der Waals surface area contributed by atoms with Crippen LogP contribution in [0.15, 0.2) is 91.0 Å². The average Bonchev–Trinajstić information content (AvgIpc) is 2.57. The van der Waals surface area contributed by atoms with Crippen molar-refractivity contribution >= 4 is 84.0 Å². The molecule has 0 spiro atoms. The number of phosphoric acid groups is 1. The van der Waals surface area contributed by atoms with Crippen LogP contribution in [0.1, 0.15) is 0 Å². The summed E-state index contributed by atoms with van der Waals surface area (Å²) in [6.45, 7) is 0. The summed E-state index contributed by atoms with van der Waals surface area (Å²) in [5.74, 6) is 0. The summed E-state index contributed by atoms with van der Waals surface area (Å²) in [4.78, 5) is 25.6. The molecule has 0 heterocycles. The average molecular weight is 399 g/mol. The predicted octanol–water partition coefficient (Wildman–Crippen LogP) is -1.38. The fourth-order valence-electron chi connectivity index (χ4n) is 1.43. The van der Waals surface area contributed by atoms with Gasteiger partial charge in [0.15, 0.2) is 0 Å². The summed E-state index contributed by atoms with van der Waals surface area (Å²) in [6, 6.07) is 30.9. The molecule has 0 aliphatic carbocycles. The van der Waals surface area contributed by atoms with Crippen LogP contribution < -0.4 is 25.8 Å². The maximum atomic E-state index is 8.55. The molecule has 3 aromatic rings. The van der Waals surface area contributed by atoms with Crippen molar-refractivity contribution in [3.8, 4) is 0 Å². The van der Waals surface area contributed by atoms with Crippen LogP contribution in [0.3, 0.4) is 0 Å². The van der Waals surface area contributed by atoms with Gasteiger partial charge < -0.3 is 19.2 Å². The molecule has 8 heteroatoms. The van der Waals surface area contributed by atoms with Gasteiger partial charge in [0, 0.05) is 0 Å². The van der Waals surface area contributed by atoms with E-state index < -0.39 is 7.82 Å². The van der Waals surface area contributed by atoms with Crippen molar-refractivity contribution in [3.05, 3.63) is 91.0 Å². The van der Waals surface area contributed by atoms with E-state index in [9.17, 15) is 0 Å². The third kappa shape index (κ3) is 22.1. The first-order valence-corrected chi connectivity index (χ1v) is 11.1. The van der Waals surface area contributed by atoms with E-state index in [1.54, 1.807) is 0 Å². The molecule has 122 valence electrons. The van der Waals surface area contributed by atoms with Crippen LogP contribution in [0, 0.1) is 0 Å². The zero-order valence-electron chi connectivity index (χ0n) is 14.4. The van der Waals surface area contributed by atoms with Crippen LogP contribution in [0.4, 0.5) is 0 Å². The van der Waals surface area contributed by atoms with E-state index in [-0.39, 0.29) is 0 Å². The standard InChI is InChI=1S/3C6H5.3Mg.H3O4P/c3*1-2-4-6-5-3-1;;;;1-5(2,3)4/h3*1-5H;;;;(H3,1,2,3,4)/q;;;3*+1;/p-3. The first-order chi connectivity index (χ1) is 12.2. The van der Waals surface area contributed by atoms with Crippen LogP contribution in [0.2, 0.25) is 0 Å². The Kier molecular flexibility index (Phi) is 16.1. The van der Waals surface area contributed by atoms with Gasteiger partial charge in [-0.05, 0) is 0 Å². The Hall–Kier alpha value is 0.0687. The molecule has 0 atom stereocenters. The van der Waals surface area contributed by atoms with Crippen LogP contribution in [-0.4, -0.2) is 65.1 Å². The van der Waals surface area contributed by atoms with Crippen molar-refractivity contribution < 1.29 is 19.2 Å². The van der Waals surface area contributed by atoms with Crippen molar-refractivity contribution in [3.63, 3.8) is 0 Å². The zero-order valence-corrected chi connectivity index (χ0v) is 19.5. The van der Waals surface area contributed by atoms with Crippen molar-refractivity contribution in [2.24, 2.45) is 0 Å². The minimum atomic E-state index is -5.39. The SMILES string of the molecule is O=P([O-])([O-])[O-].[Mg+][c]1ccccc1.[Mg+][c]1ccccc1.[Mg+][c]1ccccc1. The van der Waals surface area contributed by atoms with Gasteiger partial charge in [0.2, 0.25) is 0 Å². The number of rotatable bonds is 0. The zero-order chi connectivity index (χ0) is 19.8. The van der Waals surface area contributed by atoms with E-state index in [1.807, 2.05) is 120 Å². The van der Waals surface area contributed by atoms with Gasteiger partial charge in [0.25, 0.3) is 0 Å². The molecular formula is C18H15Mg3O4P. The minimum absolute atomic E-state index is 1.35. The molecule has 0 bridgehead atoms. The molecule has 4 nitrogen and oxygen atoms in total. The fourth-order valence-corrected chi connectivity index (χ4v) is 2.25. The van der Waals surface area contributed by atoms with Crippen molar-refractivity contribution in [1.29, 1.82) is 0 Å². The van der Waals surface area contributed by atoms with E-state index in [2.05, 4.69) is 36.4 Å². The molecule has 0 saturated heterocycles. The van der Waals surface area contributed by atoms with Crippen LogP contribution in [0.25, 0.3) is 0 Å². The second-order valence-electron chi connectivity index (χ2n) is 4.90. The van der Waals surface area contributed by atoms with Gasteiger partial charge in [-0.1, -0.05) is 0 Å². The third-order valence-electron chi connectivity index (χ3n) is 2.53. The van der Waals surface area contributed by atoms with E-state index >= 15 is 0 Å². The Morgan fingerprint density at radius 3 is 0.731 bits per heavy atom. The molecule has 0 unspecified atom stereocenters. The summed E-state index contributed by atoms with van der Waals surface area (Å²) in [6.07, 6.45) is 0. The van der Waals surface area contributed by atoms with E-state index in [4.69, 9.17) is 19.2 Å².